The third kappa shape index (κ3) is 6.63. The van der Waals surface area contributed by atoms with Crippen molar-refractivity contribution in [3.05, 3.63) is 28.8 Å². The average Bonchev–Trinajstić information content (AvgIpc) is 2.97. The highest BCUT2D eigenvalue weighted by Crippen LogP contribution is 2.51. The Balaban J connectivity index is 2.10. The number of nitrogens with zero attached hydrogens (tertiary/aromatic N) is 2. The Bertz CT molecular complexity index is 982. The molecule has 0 bridgehead atoms. The van der Waals surface area contributed by atoms with Crippen molar-refractivity contribution in [2.45, 2.75) is 103 Å². The SMILES string of the molecule is CCCc1cc(C(O)(C(F)(F)F)C(F)(F)F)cc(CCC)c1OCCCCCCN1C(=O)N(C)C(C)(C)C1=O. The van der Waals surface area contributed by atoms with E-state index < -0.39 is 29.1 Å². The number of hydrogen-bond donors (Lipinski definition) is 1. The Hall–Kier alpha value is -2.50. The quantitative estimate of drug-likeness (QED) is 0.167. The van der Waals surface area contributed by atoms with Gasteiger partial charge in [0.15, 0.2) is 0 Å². The topological polar surface area (TPSA) is 70.1 Å². The molecule has 0 aliphatic carbocycles. The number of rotatable bonds is 13. The van der Waals surface area contributed by atoms with E-state index in [-0.39, 0.29) is 54.8 Å². The second kappa shape index (κ2) is 12.3. The summed E-state index contributed by atoms with van der Waals surface area (Å²) < 4.78 is 87.1. The van der Waals surface area contributed by atoms with Crippen LogP contribution in [0.15, 0.2) is 12.1 Å². The molecule has 3 amide bonds. The molecule has 12 heteroatoms. The lowest BCUT2D eigenvalue weighted by atomic mass is 9.87. The zero-order valence-electron chi connectivity index (χ0n) is 23.1. The number of ether oxygens (including phenoxy) is 1. The van der Waals surface area contributed by atoms with Crippen molar-refractivity contribution in [3.63, 3.8) is 0 Å². The monoisotopic (exact) mass is 568 g/mol. The summed E-state index contributed by atoms with van der Waals surface area (Å²) in [5.74, 6) is 0.00399. The minimum Gasteiger partial charge on any atom is -0.493 e. The van der Waals surface area contributed by atoms with Crippen LogP contribution in [0.25, 0.3) is 0 Å². The molecule has 222 valence electrons. The number of aliphatic hydroxyl groups is 1. The molecule has 1 saturated heterocycles. The minimum atomic E-state index is -5.96. The van der Waals surface area contributed by atoms with Gasteiger partial charge in [-0.3, -0.25) is 9.69 Å². The molecule has 1 fully saturated rings. The van der Waals surface area contributed by atoms with Crippen molar-refractivity contribution >= 4 is 11.9 Å². The number of imide groups is 1. The van der Waals surface area contributed by atoms with E-state index >= 15 is 0 Å². The van der Waals surface area contributed by atoms with E-state index in [0.717, 1.165) is 12.1 Å². The molecule has 1 N–H and O–H groups in total. The number of urea groups is 1. The summed E-state index contributed by atoms with van der Waals surface area (Å²) in [6.45, 7) is 7.32. The number of benzene rings is 1. The first-order chi connectivity index (χ1) is 17.9. The third-order valence-electron chi connectivity index (χ3n) is 7.17. The number of hydrogen-bond acceptors (Lipinski definition) is 4. The van der Waals surface area contributed by atoms with Gasteiger partial charge in [-0.15, -0.1) is 0 Å². The highest BCUT2D eigenvalue weighted by atomic mass is 19.4. The van der Waals surface area contributed by atoms with E-state index in [9.17, 15) is 41.0 Å². The van der Waals surface area contributed by atoms with Crippen LogP contribution in [0.5, 0.6) is 5.75 Å². The van der Waals surface area contributed by atoms with Gasteiger partial charge in [-0.05, 0) is 62.8 Å². The van der Waals surface area contributed by atoms with Gasteiger partial charge in [-0.2, -0.15) is 26.3 Å². The summed E-state index contributed by atoms with van der Waals surface area (Å²) in [5.41, 5.74) is -6.78. The first-order valence-electron chi connectivity index (χ1n) is 13.2. The lowest BCUT2D eigenvalue weighted by molar-refractivity contribution is -0.376. The standard InChI is InChI=1S/C27H38F6N2O4/c1-6-12-18-16-20(25(38,26(28,29)30)27(31,32)33)17-19(13-7-2)21(18)39-15-11-9-8-10-14-35-22(36)24(3,4)34(5)23(35)37/h16-17,38H,6-15H2,1-5H3. The molecule has 0 saturated carbocycles. The summed E-state index contributed by atoms with van der Waals surface area (Å²) in [7, 11) is 1.58. The van der Waals surface area contributed by atoms with Crippen molar-refractivity contribution < 1.29 is 45.8 Å². The maximum Gasteiger partial charge on any atom is 0.430 e. The van der Waals surface area contributed by atoms with Gasteiger partial charge >= 0.3 is 18.4 Å². The fraction of sp³-hybridized carbons (Fsp3) is 0.704. The van der Waals surface area contributed by atoms with E-state index in [0.29, 0.717) is 38.5 Å². The maximum absolute atomic E-state index is 13.5. The molecular weight excluding hydrogens is 530 g/mol. The van der Waals surface area contributed by atoms with Gasteiger partial charge in [0.1, 0.15) is 11.3 Å². The predicted molar refractivity (Wildman–Crippen MR) is 133 cm³/mol. The predicted octanol–water partition coefficient (Wildman–Crippen LogP) is 6.52. The van der Waals surface area contributed by atoms with Crippen LogP contribution >= 0.6 is 0 Å². The van der Waals surface area contributed by atoms with Crippen LogP contribution in [0.3, 0.4) is 0 Å². The van der Waals surface area contributed by atoms with Gasteiger partial charge in [0, 0.05) is 19.2 Å². The first-order valence-corrected chi connectivity index (χ1v) is 13.2. The second-order valence-electron chi connectivity index (χ2n) is 10.4. The molecule has 2 rings (SSSR count). The zero-order chi connectivity index (χ0) is 29.8. The van der Waals surface area contributed by atoms with Crippen molar-refractivity contribution in [1.29, 1.82) is 0 Å². The molecule has 39 heavy (non-hydrogen) atoms. The second-order valence-corrected chi connectivity index (χ2v) is 10.4. The normalized spacial score (nSPS) is 16.4. The molecule has 1 heterocycles. The number of alkyl halides is 6. The van der Waals surface area contributed by atoms with E-state index in [2.05, 4.69) is 0 Å². The number of aryl methyl sites for hydroxylation is 2. The van der Waals surface area contributed by atoms with Crippen LogP contribution in [-0.2, 0) is 23.2 Å². The molecule has 1 aliphatic rings. The van der Waals surface area contributed by atoms with Crippen LogP contribution in [0, 0.1) is 0 Å². The van der Waals surface area contributed by atoms with Gasteiger partial charge in [0.2, 0.25) is 0 Å². The highest BCUT2D eigenvalue weighted by molar-refractivity contribution is 6.06. The number of amides is 3. The Morgan fingerprint density at radius 2 is 1.36 bits per heavy atom. The maximum atomic E-state index is 13.5. The molecule has 0 radical (unpaired) electrons. The Labute approximate surface area is 225 Å². The number of unbranched alkanes of at least 4 members (excludes halogenated alkanes) is 3. The van der Waals surface area contributed by atoms with Crippen LogP contribution in [0.2, 0.25) is 0 Å². The Morgan fingerprint density at radius 3 is 1.77 bits per heavy atom. The lowest BCUT2D eigenvalue weighted by Gasteiger charge is -2.33. The van der Waals surface area contributed by atoms with Crippen LogP contribution in [0.1, 0.15) is 82.9 Å². The molecule has 0 spiro atoms. The van der Waals surface area contributed by atoms with E-state index in [1.807, 2.05) is 0 Å². The van der Waals surface area contributed by atoms with E-state index in [1.165, 1.54) is 9.80 Å². The third-order valence-corrected chi connectivity index (χ3v) is 7.17. The number of halogens is 6. The van der Waals surface area contributed by atoms with Crippen LogP contribution in [0.4, 0.5) is 31.1 Å². The fourth-order valence-corrected chi connectivity index (χ4v) is 4.62. The summed E-state index contributed by atoms with van der Waals surface area (Å²) in [6.07, 6.45) is -8.16. The Morgan fingerprint density at radius 1 is 0.872 bits per heavy atom. The zero-order valence-corrected chi connectivity index (χ0v) is 23.1. The van der Waals surface area contributed by atoms with Crippen LogP contribution < -0.4 is 4.74 Å². The largest absolute Gasteiger partial charge is 0.493 e. The summed E-state index contributed by atoms with van der Waals surface area (Å²) >= 11 is 0. The molecule has 1 aliphatic heterocycles. The molecule has 1 aromatic carbocycles. The highest BCUT2D eigenvalue weighted by Gasteiger charge is 2.71. The van der Waals surface area contributed by atoms with Crippen molar-refractivity contribution in [3.8, 4) is 5.75 Å². The molecule has 0 atom stereocenters. The van der Waals surface area contributed by atoms with Crippen molar-refractivity contribution in [2.75, 3.05) is 20.2 Å². The first kappa shape index (κ1) is 32.7. The molecule has 0 unspecified atom stereocenters. The molecular formula is C27H38F6N2O4. The molecule has 1 aromatic rings. The number of carbonyl (C=O) groups is 2. The van der Waals surface area contributed by atoms with Gasteiger partial charge in [-0.25, -0.2) is 4.79 Å². The summed E-state index contributed by atoms with van der Waals surface area (Å²) in [6, 6.07) is 1.16. The summed E-state index contributed by atoms with van der Waals surface area (Å²) in [5, 5.41) is 9.94. The number of carbonyl (C=O) groups excluding carboxylic acids is 2. The van der Waals surface area contributed by atoms with Crippen molar-refractivity contribution in [1.82, 2.24) is 9.80 Å². The summed E-state index contributed by atoms with van der Waals surface area (Å²) in [4.78, 5) is 27.4. The number of likely N-dealkylation sites (N-methyl/N-ethyl adjacent to an activating group) is 1. The molecule has 0 aromatic heterocycles. The smallest absolute Gasteiger partial charge is 0.430 e. The fourth-order valence-electron chi connectivity index (χ4n) is 4.62. The van der Waals surface area contributed by atoms with Gasteiger partial charge in [0.05, 0.1) is 6.61 Å². The van der Waals surface area contributed by atoms with Gasteiger partial charge in [-0.1, -0.05) is 39.5 Å². The Kier molecular flexibility index (Phi) is 10.4. The molecule has 6 nitrogen and oxygen atoms in total. The van der Waals surface area contributed by atoms with E-state index in [1.54, 1.807) is 34.7 Å². The lowest BCUT2D eigenvalue weighted by Crippen LogP contribution is -2.54. The minimum absolute atomic E-state index is 0.175. The van der Waals surface area contributed by atoms with Crippen LogP contribution in [-0.4, -0.2) is 64.9 Å². The average molecular weight is 569 g/mol. The van der Waals surface area contributed by atoms with Gasteiger partial charge < -0.3 is 14.7 Å². The van der Waals surface area contributed by atoms with E-state index in [4.69, 9.17) is 4.74 Å². The van der Waals surface area contributed by atoms with Crippen molar-refractivity contribution in [2.24, 2.45) is 0 Å². The van der Waals surface area contributed by atoms with Gasteiger partial charge in [0.25, 0.3) is 11.5 Å².